The van der Waals surface area contributed by atoms with Crippen LogP contribution in [0.2, 0.25) is 0 Å². The molecule has 0 aliphatic carbocycles. The first-order valence-corrected chi connectivity index (χ1v) is 5.92. The van der Waals surface area contributed by atoms with E-state index in [1.165, 1.54) is 0 Å². The summed E-state index contributed by atoms with van der Waals surface area (Å²) in [5.41, 5.74) is 6.82. The van der Waals surface area contributed by atoms with Crippen LogP contribution in [0.1, 0.15) is 18.7 Å². The van der Waals surface area contributed by atoms with E-state index in [-0.39, 0.29) is 6.04 Å². The van der Waals surface area contributed by atoms with E-state index in [2.05, 4.69) is 20.1 Å². The Kier molecular flexibility index (Phi) is 2.44. The fraction of sp³-hybridized carbons (Fsp3) is 0.545. The Labute approximate surface area is 99.5 Å². The van der Waals surface area contributed by atoms with Gasteiger partial charge in [0.1, 0.15) is 5.82 Å². The summed E-state index contributed by atoms with van der Waals surface area (Å²) in [6.45, 7) is 3.77. The maximum Gasteiger partial charge on any atom is 0.203 e. The second-order valence-corrected chi connectivity index (χ2v) is 4.54. The zero-order valence-electron chi connectivity index (χ0n) is 9.87. The molecule has 1 unspecified atom stereocenters. The van der Waals surface area contributed by atoms with E-state index in [1.807, 2.05) is 17.5 Å². The summed E-state index contributed by atoms with van der Waals surface area (Å²) in [5.74, 6) is 1.77. The summed E-state index contributed by atoms with van der Waals surface area (Å²) >= 11 is 0. The number of anilines is 1. The molecule has 3 rings (SSSR count). The predicted octanol–water partition coefficient (Wildman–Crippen LogP) is 0.360. The average Bonchev–Trinajstić information content (AvgIpc) is 2.71. The smallest absolute Gasteiger partial charge is 0.203 e. The molecule has 0 spiro atoms. The van der Waals surface area contributed by atoms with Crippen molar-refractivity contribution in [3.63, 3.8) is 0 Å². The standard InChI is InChI=1S/C11H16N6/c1-8-14-15-11-10(13-4-6-17(8)11)16-5-2-3-9(12)7-16/h4,6,9H,2-3,5,7,12H2,1H3. The van der Waals surface area contributed by atoms with Crippen LogP contribution in [0.15, 0.2) is 12.4 Å². The summed E-state index contributed by atoms with van der Waals surface area (Å²) in [4.78, 5) is 6.63. The third-order valence-corrected chi connectivity index (χ3v) is 3.24. The fourth-order valence-electron chi connectivity index (χ4n) is 2.35. The van der Waals surface area contributed by atoms with Gasteiger partial charge < -0.3 is 10.6 Å². The molecule has 1 fully saturated rings. The highest BCUT2D eigenvalue weighted by molar-refractivity contribution is 5.63. The molecule has 6 heteroatoms. The zero-order chi connectivity index (χ0) is 11.8. The zero-order valence-corrected chi connectivity index (χ0v) is 9.87. The Hall–Kier alpha value is -1.69. The van der Waals surface area contributed by atoms with Gasteiger partial charge in [0.25, 0.3) is 0 Å². The highest BCUT2D eigenvalue weighted by Crippen LogP contribution is 2.21. The molecule has 0 radical (unpaired) electrons. The largest absolute Gasteiger partial charge is 0.352 e. The number of nitrogens with zero attached hydrogens (tertiary/aromatic N) is 5. The van der Waals surface area contributed by atoms with Crippen molar-refractivity contribution in [2.45, 2.75) is 25.8 Å². The Morgan fingerprint density at radius 1 is 1.41 bits per heavy atom. The quantitative estimate of drug-likeness (QED) is 0.768. The van der Waals surface area contributed by atoms with Crippen LogP contribution >= 0.6 is 0 Å². The Balaban J connectivity index is 2.04. The van der Waals surface area contributed by atoms with Crippen LogP contribution in [0.4, 0.5) is 5.82 Å². The fourth-order valence-corrected chi connectivity index (χ4v) is 2.35. The highest BCUT2D eigenvalue weighted by Gasteiger charge is 2.21. The summed E-state index contributed by atoms with van der Waals surface area (Å²) in [5, 5.41) is 8.27. The normalized spacial score (nSPS) is 21.1. The van der Waals surface area contributed by atoms with Gasteiger partial charge in [0, 0.05) is 31.5 Å². The lowest BCUT2D eigenvalue weighted by Crippen LogP contribution is -2.43. The third-order valence-electron chi connectivity index (χ3n) is 3.24. The Bertz CT molecular complexity index is 534. The third kappa shape index (κ3) is 1.74. The van der Waals surface area contributed by atoms with Gasteiger partial charge in [-0.1, -0.05) is 0 Å². The minimum Gasteiger partial charge on any atom is -0.352 e. The number of hydrogen-bond acceptors (Lipinski definition) is 5. The predicted molar refractivity (Wildman–Crippen MR) is 64.9 cm³/mol. The van der Waals surface area contributed by atoms with Crippen molar-refractivity contribution in [1.82, 2.24) is 19.6 Å². The van der Waals surface area contributed by atoms with E-state index in [0.29, 0.717) is 0 Å². The van der Waals surface area contributed by atoms with Gasteiger partial charge in [-0.05, 0) is 19.8 Å². The molecule has 0 saturated carbocycles. The van der Waals surface area contributed by atoms with Crippen molar-refractivity contribution in [3.05, 3.63) is 18.2 Å². The number of aryl methyl sites for hydroxylation is 1. The van der Waals surface area contributed by atoms with Crippen molar-refractivity contribution < 1.29 is 0 Å². The molecule has 1 aliphatic rings. The number of piperidine rings is 1. The monoisotopic (exact) mass is 232 g/mol. The van der Waals surface area contributed by atoms with Crippen LogP contribution in [0.3, 0.4) is 0 Å². The molecule has 1 atom stereocenters. The summed E-state index contributed by atoms with van der Waals surface area (Å²) in [7, 11) is 0. The minimum absolute atomic E-state index is 0.231. The van der Waals surface area contributed by atoms with Crippen molar-refractivity contribution >= 4 is 11.5 Å². The Morgan fingerprint density at radius 3 is 3.12 bits per heavy atom. The van der Waals surface area contributed by atoms with E-state index in [1.54, 1.807) is 6.20 Å². The Morgan fingerprint density at radius 2 is 2.29 bits per heavy atom. The molecule has 1 saturated heterocycles. The lowest BCUT2D eigenvalue weighted by molar-refractivity contribution is 0.503. The maximum atomic E-state index is 6.00. The molecule has 0 bridgehead atoms. The first kappa shape index (κ1) is 10.5. The van der Waals surface area contributed by atoms with Crippen LogP contribution in [0.25, 0.3) is 5.65 Å². The summed E-state index contributed by atoms with van der Waals surface area (Å²) in [6.07, 6.45) is 5.87. The van der Waals surface area contributed by atoms with Gasteiger partial charge in [-0.25, -0.2) is 4.98 Å². The lowest BCUT2D eigenvalue weighted by Gasteiger charge is -2.31. The highest BCUT2D eigenvalue weighted by atomic mass is 15.3. The van der Waals surface area contributed by atoms with Crippen LogP contribution in [-0.4, -0.2) is 38.7 Å². The molecule has 2 aromatic heterocycles. The van der Waals surface area contributed by atoms with E-state index in [4.69, 9.17) is 5.73 Å². The number of aromatic nitrogens is 4. The summed E-state index contributed by atoms with van der Waals surface area (Å²) < 4.78 is 1.96. The van der Waals surface area contributed by atoms with Crippen molar-refractivity contribution in [1.29, 1.82) is 0 Å². The molecule has 3 heterocycles. The van der Waals surface area contributed by atoms with Crippen LogP contribution in [0.5, 0.6) is 0 Å². The molecule has 17 heavy (non-hydrogen) atoms. The summed E-state index contributed by atoms with van der Waals surface area (Å²) in [6, 6.07) is 0.231. The second kappa shape index (κ2) is 3.96. The number of hydrogen-bond donors (Lipinski definition) is 1. The molecular weight excluding hydrogens is 216 g/mol. The molecule has 90 valence electrons. The van der Waals surface area contributed by atoms with Gasteiger partial charge >= 0.3 is 0 Å². The van der Waals surface area contributed by atoms with Crippen LogP contribution in [-0.2, 0) is 0 Å². The molecule has 2 N–H and O–H groups in total. The van der Waals surface area contributed by atoms with Gasteiger partial charge in [0.2, 0.25) is 5.65 Å². The van der Waals surface area contributed by atoms with Gasteiger partial charge in [0.05, 0.1) is 0 Å². The van der Waals surface area contributed by atoms with Gasteiger partial charge in [0.15, 0.2) is 5.82 Å². The van der Waals surface area contributed by atoms with Crippen LogP contribution < -0.4 is 10.6 Å². The molecule has 2 aromatic rings. The molecule has 0 amide bonds. The van der Waals surface area contributed by atoms with Crippen molar-refractivity contribution in [2.75, 3.05) is 18.0 Å². The van der Waals surface area contributed by atoms with Crippen LogP contribution in [0, 0.1) is 6.92 Å². The second-order valence-electron chi connectivity index (χ2n) is 4.54. The van der Waals surface area contributed by atoms with E-state index >= 15 is 0 Å². The molecule has 6 nitrogen and oxygen atoms in total. The number of rotatable bonds is 1. The average molecular weight is 232 g/mol. The first-order valence-electron chi connectivity index (χ1n) is 5.92. The molecular formula is C11H16N6. The number of nitrogens with two attached hydrogens (primary N) is 1. The van der Waals surface area contributed by atoms with Gasteiger partial charge in [-0.2, -0.15) is 0 Å². The first-order chi connectivity index (χ1) is 8.25. The van der Waals surface area contributed by atoms with E-state index in [0.717, 1.165) is 43.2 Å². The minimum atomic E-state index is 0.231. The van der Waals surface area contributed by atoms with Crippen molar-refractivity contribution in [3.8, 4) is 0 Å². The topological polar surface area (TPSA) is 72.3 Å². The molecule has 1 aliphatic heterocycles. The van der Waals surface area contributed by atoms with Crippen molar-refractivity contribution in [2.24, 2.45) is 5.73 Å². The molecule has 0 aromatic carbocycles. The van der Waals surface area contributed by atoms with Gasteiger partial charge in [-0.3, -0.25) is 4.40 Å². The van der Waals surface area contributed by atoms with E-state index < -0.39 is 0 Å². The lowest BCUT2D eigenvalue weighted by atomic mass is 10.1. The van der Waals surface area contributed by atoms with Gasteiger partial charge in [-0.15, -0.1) is 10.2 Å². The SMILES string of the molecule is Cc1nnc2c(N3CCCC(N)C3)nccn12. The van der Waals surface area contributed by atoms with E-state index in [9.17, 15) is 0 Å². The maximum absolute atomic E-state index is 6.00. The number of fused-ring (bicyclic) bond motifs is 1.